The van der Waals surface area contributed by atoms with Crippen LogP contribution in [0, 0.1) is 0 Å². The standard InChI is InChI=1S/C18H31NO7.Na.H/c1-2-3-4-5-6-7-8-9-10-11-15(20)25-16(21)13-12-14(19)17(22)26-18(23)24;;/h14H,2-13,19H2,1H3,(H,23,24);;/t14-;;/m0../s1. The molecule has 0 aliphatic heterocycles. The Balaban J connectivity index is 0. The van der Waals surface area contributed by atoms with E-state index in [2.05, 4.69) is 16.4 Å². The minimum atomic E-state index is -1.76. The van der Waals surface area contributed by atoms with Gasteiger partial charge in [0.25, 0.3) is 0 Å². The number of carbonyl (C=O) groups is 4. The van der Waals surface area contributed by atoms with Gasteiger partial charge >= 0.3 is 53.6 Å². The minimum absolute atomic E-state index is 0. The van der Waals surface area contributed by atoms with E-state index in [0.717, 1.165) is 19.3 Å². The molecule has 0 rings (SSSR count). The molecule has 0 aromatic carbocycles. The van der Waals surface area contributed by atoms with Crippen LogP contribution in [-0.2, 0) is 23.9 Å². The van der Waals surface area contributed by atoms with E-state index in [0.29, 0.717) is 6.42 Å². The first-order valence-corrected chi connectivity index (χ1v) is 9.30. The predicted molar refractivity (Wildman–Crippen MR) is 101 cm³/mol. The zero-order valence-corrected chi connectivity index (χ0v) is 15.5. The van der Waals surface area contributed by atoms with Gasteiger partial charge in [-0.1, -0.05) is 58.3 Å². The molecule has 3 N–H and O–H groups in total. The molecule has 0 amide bonds. The quantitative estimate of drug-likeness (QED) is 0.198. The van der Waals surface area contributed by atoms with E-state index in [1.165, 1.54) is 32.1 Å². The molecule has 0 saturated carbocycles. The number of rotatable bonds is 14. The summed E-state index contributed by atoms with van der Waals surface area (Å²) >= 11 is 0. The van der Waals surface area contributed by atoms with Gasteiger partial charge < -0.3 is 20.3 Å². The van der Waals surface area contributed by atoms with Gasteiger partial charge in [-0.25, -0.2) is 9.59 Å². The van der Waals surface area contributed by atoms with Crippen molar-refractivity contribution in [1.29, 1.82) is 0 Å². The van der Waals surface area contributed by atoms with Crippen LogP contribution in [-0.4, -0.2) is 64.8 Å². The summed E-state index contributed by atoms with van der Waals surface area (Å²) in [6.07, 6.45) is 8.08. The molecule has 0 spiro atoms. The van der Waals surface area contributed by atoms with E-state index >= 15 is 0 Å². The van der Waals surface area contributed by atoms with Crippen molar-refractivity contribution < 1.29 is 33.8 Å². The Kier molecular flexibility index (Phi) is 19.3. The number of nitrogens with two attached hydrogens (primary N) is 1. The van der Waals surface area contributed by atoms with Crippen LogP contribution in [0.3, 0.4) is 0 Å². The van der Waals surface area contributed by atoms with Crippen molar-refractivity contribution in [3.05, 3.63) is 0 Å². The van der Waals surface area contributed by atoms with E-state index in [4.69, 9.17) is 10.8 Å². The molecule has 0 heterocycles. The van der Waals surface area contributed by atoms with E-state index in [1.807, 2.05) is 0 Å². The molecule has 0 aliphatic carbocycles. The molecule has 0 aliphatic rings. The average molecular weight is 397 g/mol. The predicted octanol–water partition coefficient (Wildman–Crippen LogP) is 2.66. The summed E-state index contributed by atoms with van der Waals surface area (Å²) in [5, 5.41) is 8.28. The van der Waals surface area contributed by atoms with Crippen molar-refractivity contribution in [2.24, 2.45) is 5.73 Å². The van der Waals surface area contributed by atoms with Crippen LogP contribution in [0.25, 0.3) is 0 Å². The Morgan fingerprint density at radius 3 is 1.81 bits per heavy atom. The van der Waals surface area contributed by atoms with E-state index in [-0.39, 0.29) is 48.8 Å². The summed E-state index contributed by atoms with van der Waals surface area (Å²) in [7, 11) is 0. The van der Waals surface area contributed by atoms with Crippen LogP contribution < -0.4 is 5.73 Å². The van der Waals surface area contributed by atoms with Gasteiger partial charge in [0.15, 0.2) is 0 Å². The van der Waals surface area contributed by atoms with Crippen molar-refractivity contribution in [2.45, 2.75) is 90.0 Å². The molecular formula is C18H32NNaO7. The first kappa shape index (κ1) is 28.3. The van der Waals surface area contributed by atoms with Crippen LogP contribution in [0.2, 0.25) is 0 Å². The van der Waals surface area contributed by atoms with Gasteiger partial charge in [0.05, 0.1) is 0 Å². The first-order valence-electron chi connectivity index (χ1n) is 9.30. The molecule has 0 radical (unpaired) electrons. The summed E-state index contributed by atoms with van der Waals surface area (Å²) in [4.78, 5) is 44.4. The van der Waals surface area contributed by atoms with Crippen LogP contribution in [0.15, 0.2) is 0 Å². The van der Waals surface area contributed by atoms with Gasteiger partial charge in [-0.3, -0.25) is 9.59 Å². The van der Waals surface area contributed by atoms with Crippen LogP contribution in [0.4, 0.5) is 4.79 Å². The van der Waals surface area contributed by atoms with Gasteiger partial charge in [0.2, 0.25) is 0 Å². The fourth-order valence-corrected chi connectivity index (χ4v) is 2.36. The third-order valence-corrected chi connectivity index (χ3v) is 3.86. The van der Waals surface area contributed by atoms with Crippen molar-refractivity contribution >= 4 is 53.6 Å². The third-order valence-electron chi connectivity index (χ3n) is 3.86. The summed E-state index contributed by atoms with van der Waals surface area (Å²) < 4.78 is 8.50. The van der Waals surface area contributed by atoms with Gasteiger partial charge in [0, 0.05) is 12.8 Å². The molecule has 0 saturated heterocycles. The van der Waals surface area contributed by atoms with E-state index in [9.17, 15) is 19.2 Å². The fraction of sp³-hybridized carbons (Fsp3) is 0.778. The Morgan fingerprint density at radius 2 is 1.30 bits per heavy atom. The summed E-state index contributed by atoms with van der Waals surface area (Å²) in [6, 6.07) is -1.26. The second-order valence-corrected chi connectivity index (χ2v) is 6.26. The van der Waals surface area contributed by atoms with Gasteiger partial charge in [-0.15, -0.1) is 0 Å². The molecule has 9 heteroatoms. The van der Waals surface area contributed by atoms with E-state index < -0.39 is 30.1 Å². The van der Waals surface area contributed by atoms with Crippen molar-refractivity contribution in [3.8, 4) is 0 Å². The Morgan fingerprint density at radius 1 is 0.815 bits per heavy atom. The molecule has 1 atom stereocenters. The van der Waals surface area contributed by atoms with Crippen molar-refractivity contribution in [2.75, 3.05) is 0 Å². The molecule has 0 fully saturated rings. The average Bonchev–Trinajstić information content (AvgIpc) is 2.57. The molecule has 27 heavy (non-hydrogen) atoms. The second kappa shape index (κ2) is 18.4. The summed E-state index contributed by atoms with van der Waals surface area (Å²) in [6.45, 7) is 2.19. The SMILES string of the molecule is CCCCCCCCCCCC(=O)OC(=O)CC[C@H](N)C(=O)OC(=O)O.[NaH]. The number of carboxylic acid groups (broad SMARTS) is 1. The Labute approximate surface area is 182 Å². The summed E-state index contributed by atoms with van der Waals surface area (Å²) in [5.41, 5.74) is 5.38. The van der Waals surface area contributed by atoms with Gasteiger partial charge in [-0.2, -0.15) is 0 Å². The fourth-order valence-electron chi connectivity index (χ4n) is 2.36. The maximum absolute atomic E-state index is 11.5. The Bertz CT molecular complexity index is 457. The van der Waals surface area contributed by atoms with E-state index in [1.54, 1.807) is 0 Å². The normalized spacial score (nSPS) is 11.2. The molecule has 152 valence electrons. The van der Waals surface area contributed by atoms with Crippen LogP contribution >= 0.6 is 0 Å². The molecule has 8 nitrogen and oxygen atoms in total. The van der Waals surface area contributed by atoms with Crippen molar-refractivity contribution in [3.63, 3.8) is 0 Å². The third kappa shape index (κ3) is 18.2. The van der Waals surface area contributed by atoms with Gasteiger partial charge in [-0.05, 0) is 12.8 Å². The van der Waals surface area contributed by atoms with Crippen LogP contribution in [0.1, 0.15) is 84.0 Å². The topological polar surface area (TPSA) is 133 Å². The number of hydrogen-bond donors (Lipinski definition) is 2. The molecule has 0 aromatic heterocycles. The Hall–Kier alpha value is -0.960. The zero-order chi connectivity index (χ0) is 19.8. The van der Waals surface area contributed by atoms with Crippen molar-refractivity contribution in [1.82, 2.24) is 0 Å². The summed E-state index contributed by atoms with van der Waals surface area (Å²) in [5.74, 6) is -2.53. The monoisotopic (exact) mass is 397 g/mol. The number of hydrogen-bond acceptors (Lipinski definition) is 7. The second-order valence-electron chi connectivity index (χ2n) is 6.26. The molecule has 0 bridgehead atoms. The number of carbonyl (C=O) groups excluding carboxylic acids is 3. The molecular weight excluding hydrogens is 365 g/mol. The number of unbranched alkanes of at least 4 members (excludes halogenated alkanes) is 8. The van der Waals surface area contributed by atoms with Gasteiger partial charge in [0.1, 0.15) is 6.04 Å². The molecule has 0 unspecified atom stereocenters. The zero-order valence-electron chi connectivity index (χ0n) is 15.5. The number of ether oxygens (including phenoxy) is 2. The number of esters is 3. The maximum atomic E-state index is 11.5. The molecule has 0 aromatic rings. The first-order chi connectivity index (χ1) is 12.4. The van der Waals surface area contributed by atoms with Crippen LogP contribution in [0.5, 0.6) is 0 Å².